The molecule has 0 fully saturated rings. The van der Waals surface area contributed by atoms with E-state index in [2.05, 4.69) is 54.6 Å². The molecule has 3 aromatic rings. The molecule has 134 valence electrons. The maximum atomic E-state index is 11.9. The third-order valence-corrected chi connectivity index (χ3v) is 5.49. The van der Waals surface area contributed by atoms with Gasteiger partial charge >= 0.3 is 0 Å². The van der Waals surface area contributed by atoms with Gasteiger partial charge in [0.2, 0.25) is 0 Å². The van der Waals surface area contributed by atoms with Crippen molar-refractivity contribution in [3.63, 3.8) is 0 Å². The third-order valence-electron chi connectivity index (χ3n) is 5.49. The normalized spacial score (nSPS) is 13.9. The number of nitrogens with one attached hydrogen (secondary N) is 1. The number of aromatic nitrogens is 1. The van der Waals surface area contributed by atoms with E-state index in [-0.39, 0.29) is 5.78 Å². The van der Waals surface area contributed by atoms with Crippen molar-refractivity contribution in [2.75, 3.05) is 6.54 Å². The second-order valence-corrected chi connectivity index (χ2v) is 7.64. The average molecular weight is 346 g/mol. The fourth-order valence-electron chi connectivity index (χ4n) is 4.19. The van der Waals surface area contributed by atoms with Gasteiger partial charge in [-0.2, -0.15) is 0 Å². The highest BCUT2D eigenvalue weighted by molar-refractivity contribution is 6.13. The minimum atomic E-state index is 0.117. The molecular weight excluding hydrogens is 320 g/mol. The van der Waals surface area contributed by atoms with Crippen molar-refractivity contribution >= 4 is 33.2 Å². The molecule has 26 heavy (non-hydrogen) atoms. The van der Waals surface area contributed by atoms with Gasteiger partial charge in [0, 0.05) is 46.5 Å². The van der Waals surface area contributed by atoms with Crippen LogP contribution in [0.1, 0.15) is 48.7 Å². The number of allylic oxidation sites excluding steroid dienone is 1. The SMILES string of the molecule is C=C1CCc2c1ccc1c2c2cc(C(C)=O)ccc2n1CCNC(C)C. The molecule has 0 saturated heterocycles. The number of hydrogen-bond acceptors (Lipinski definition) is 2. The summed E-state index contributed by atoms with van der Waals surface area (Å²) >= 11 is 0. The number of carbonyl (C=O) groups excluding carboxylic acids is 1. The van der Waals surface area contributed by atoms with Crippen LogP contribution in [0.15, 0.2) is 36.9 Å². The summed E-state index contributed by atoms with van der Waals surface area (Å²) in [4.78, 5) is 11.9. The summed E-state index contributed by atoms with van der Waals surface area (Å²) in [5, 5.41) is 6.02. The van der Waals surface area contributed by atoms with Gasteiger partial charge in [0.1, 0.15) is 0 Å². The molecule has 0 saturated carbocycles. The lowest BCUT2D eigenvalue weighted by atomic mass is 10.0. The van der Waals surface area contributed by atoms with E-state index in [0.29, 0.717) is 6.04 Å². The zero-order valence-corrected chi connectivity index (χ0v) is 15.9. The third kappa shape index (κ3) is 2.67. The van der Waals surface area contributed by atoms with Gasteiger partial charge in [0.15, 0.2) is 5.78 Å². The Morgan fingerprint density at radius 2 is 1.96 bits per heavy atom. The van der Waals surface area contributed by atoms with Gasteiger partial charge in [-0.3, -0.25) is 4.79 Å². The fraction of sp³-hybridized carbons (Fsp3) is 0.348. The molecule has 1 N–H and O–H groups in total. The molecule has 2 aromatic carbocycles. The Labute approximate surface area is 154 Å². The van der Waals surface area contributed by atoms with Crippen molar-refractivity contribution in [2.24, 2.45) is 0 Å². The Morgan fingerprint density at radius 3 is 2.69 bits per heavy atom. The second-order valence-electron chi connectivity index (χ2n) is 7.64. The molecular formula is C23H26N2O. The molecule has 1 aromatic heterocycles. The lowest BCUT2D eigenvalue weighted by Gasteiger charge is -2.11. The Hall–Kier alpha value is -2.39. The fourth-order valence-corrected chi connectivity index (χ4v) is 4.19. The van der Waals surface area contributed by atoms with E-state index >= 15 is 0 Å². The molecule has 1 aliphatic rings. The molecule has 0 spiro atoms. The van der Waals surface area contributed by atoms with E-state index < -0.39 is 0 Å². The first-order chi connectivity index (χ1) is 12.5. The number of fused-ring (bicyclic) bond motifs is 5. The molecule has 4 rings (SSSR count). The molecule has 1 aliphatic carbocycles. The smallest absolute Gasteiger partial charge is 0.159 e. The molecule has 1 heterocycles. The Bertz CT molecular complexity index is 1040. The van der Waals surface area contributed by atoms with Crippen molar-refractivity contribution in [3.05, 3.63) is 53.6 Å². The topological polar surface area (TPSA) is 34.0 Å². The molecule has 0 aliphatic heterocycles. The minimum absolute atomic E-state index is 0.117. The highest BCUT2D eigenvalue weighted by atomic mass is 16.1. The number of rotatable bonds is 5. The van der Waals surface area contributed by atoms with E-state index in [1.54, 1.807) is 6.92 Å². The molecule has 0 amide bonds. The van der Waals surface area contributed by atoms with Crippen LogP contribution in [-0.2, 0) is 13.0 Å². The molecule has 0 atom stereocenters. The molecule has 0 unspecified atom stereocenters. The number of aryl methyl sites for hydroxylation is 1. The highest BCUT2D eigenvalue weighted by Crippen LogP contribution is 2.40. The summed E-state index contributed by atoms with van der Waals surface area (Å²) in [7, 11) is 0. The summed E-state index contributed by atoms with van der Waals surface area (Å²) < 4.78 is 2.39. The van der Waals surface area contributed by atoms with Crippen LogP contribution in [0.5, 0.6) is 0 Å². The van der Waals surface area contributed by atoms with Gasteiger partial charge in [-0.1, -0.05) is 26.5 Å². The summed E-state index contributed by atoms with van der Waals surface area (Å²) in [5.41, 5.74) is 7.18. The van der Waals surface area contributed by atoms with Crippen molar-refractivity contribution < 1.29 is 4.79 Å². The summed E-state index contributed by atoms with van der Waals surface area (Å²) in [6, 6.07) is 11.1. The van der Waals surface area contributed by atoms with Crippen LogP contribution >= 0.6 is 0 Å². The quantitative estimate of drug-likeness (QED) is 0.663. The van der Waals surface area contributed by atoms with Crippen LogP contribution in [0.3, 0.4) is 0 Å². The molecule has 3 heteroatoms. The van der Waals surface area contributed by atoms with Gasteiger partial charge in [0.05, 0.1) is 0 Å². The number of benzene rings is 2. The number of nitrogens with zero attached hydrogens (tertiary/aromatic N) is 1. The average Bonchev–Trinajstić information content (AvgIpc) is 3.13. The molecule has 0 radical (unpaired) electrons. The van der Waals surface area contributed by atoms with Gasteiger partial charge < -0.3 is 9.88 Å². The Balaban J connectivity index is 1.97. The second kappa shape index (κ2) is 6.40. The van der Waals surface area contributed by atoms with Crippen molar-refractivity contribution in [1.82, 2.24) is 9.88 Å². The monoisotopic (exact) mass is 346 g/mol. The van der Waals surface area contributed by atoms with Crippen LogP contribution in [0.4, 0.5) is 0 Å². The van der Waals surface area contributed by atoms with E-state index in [1.165, 1.54) is 38.5 Å². The summed E-state index contributed by atoms with van der Waals surface area (Å²) in [5.74, 6) is 0.117. The maximum Gasteiger partial charge on any atom is 0.159 e. The van der Waals surface area contributed by atoms with Crippen LogP contribution in [-0.4, -0.2) is 22.9 Å². The predicted octanol–water partition coefficient (Wildman–Crippen LogP) is 4.95. The zero-order valence-electron chi connectivity index (χ0n) is 15.9. The van der Waals surface area contributed by atoms with E-state index in [9.17, 15) is 4.79 Å². The first-order valence-electron chi connectivity index (χ1n) is 9.47. The number of carbonyl (C=O) groups is 1. The van der Waals surface area contributed by atoms with Crippen LogP contribution < -0.4 is 5.32 Å². The van der Waals surface area contributed by atoms with Crippen LogP contribution in [0.25, 0.3) is 27.4 Å². The molecule has 0 bridgehead atoms. The standard InChI is InChI=1S/C23H26N2O/c1-14(2)24-11-12-25-21-9-6-17(16(4)26)13-20(21)23-19-7-5-15(3)18(19)8-10-22(23)25/h6,8-10,13-14,24H,3,5,7,11-12H2,1-2,4H3. The number of Topliss-reactive ketones (excluding diaryl/α,β-unsaturated/α-hetero) is 1. The first-order valence-corrected chi connectivity index (χ1v) is 9.47. The minimum Gasteiger partial charge on any atom is -0.339 e. The highest BCUT2D eigenvalue weighted by Gasteiger charge is 2.22. The first kappa shape index (κ1) is 17.0. The van der Waals surface area contributed by atoms with E-state index in [1.807, 2.05) is 6.07 Å². The van der Waals surface area contributed by atoms with Crippen molar-refractivity contribution in [1.29, 1.82) is 0 Å². The van der Waals surface area contributed by atoms with Crippen LogP contribution in [0.2, 0.25) is 0 Å². The zero-order chi connectivity index (χ0) is 18.4. The number of hydrogen-bond donors (Lipinski definition) is 1. The van der Waals surface area contributed by atoms with Crippen molar-refractivity contribution in [2.45, 2.75) is 46.2 Å². The van der Waals surface area contributed by atoms with Gasteiger partial charge in [-0.05, 0) is 60.7 Å². The number of ketones is 1. The lowest BCUT2D eigenvalue weighted by Crippen LogP contribution is -2.26. The maximum absolute atomic E-state index is 11.9. The lowest BCUT2D eigenvalue weighted by molar-refractivity contribution is 0.101. The van der Waals surface area contributed by atoms with E-state index in [4.69, 9.17) is 0 Å². The van der Waals surface area contributed by atoms with Gasteiger partial charge in [-0.15, -0.1) is 0 Å². The Kier molecular flexibility index (Phi) is 4.20. The van der Waals surface area contributed by atoms with Gasteiger partial charge in [-0.25, -0.2) is 0 Å². The Morgan fingerprint density at radius 1 is 1.19 bits per heavy atom. The summed E-state index contributed by atoms with van der Waals surface area (Å²) in [6.45, 7) is 12.1. The van der Waals surface area contributed by atoms with Crippen LogP contribution in [0, 0.1) is 0 Å². The predicted molar refractivity (Wildman–Crippen MR) is 110 cm³/mol. The van der Waals surface area contributed by atoms with E-state index in [0.717, 1.165) is 31.5 Å². The van der Waals surface area contributed by atoms with Gasteiger partial charge in [0.25, 0.3) is 0 Å². The van der Waals surface area contributed by atoms with Crippen molar-refractivity contribution in [3.8, 4) is 0 Å². The molecule has 3 nitrogen and oxygen atoms in total. The summed E-state index contributed by atoms with van der Waals surface area (Å²) in [6.07, 6.45) is 2.07. The largest absolute Gasteiger partial charge is 0.339 e.